The maximum atomic E-state index is 4.21. The first kappa shape index (κ1) is 10.4. The summed E-state index contributed by atoms with van der Waals surface area (Å²) < 4.78 is 0.635. The van der Waals surface area contributed by atoms with Crippen LogP contribution in [-0.2, 0) is 0 Å². The second kappa shape index (κ2) is 7.51. The molecule has 9 heavy (non-hydrogen) atoms. The monoisotopic (exact) mass is 200 g/mol. The third-order valence-corrected chi connectivity index (χ3v) is 4.44. The van der Waals surface area contributed by atoms with E-state index in [0.29, 0.717) is 4.58 Å². The molecule has 0 radical (unpaired) electrons. The zero-order chi connectivity index (χ0) is 7.11. The molecule has 0 N–H and O–H groups in total. The van der Waals surface area contributed by atoms with Crippen LogP contribution in [0, 0.1) is 0 Å². The predicted octanol–water partition coefficient (Wildman–Crippen LogP) is 2.62. The lowest BCUT2D eigenvalue weighted by Gasteiger charge is -2.09. The largest absolute Gasteiger partial charge is 0.177 e. The van der Waals surface area contributed by atoms with Crippen LogP contribution in [0.5, 0.6) is 0 Å². The van der Waals surface area contributed by atoms with Gasteiger partial charge in [0.15, 0.2) is 0 Å². The summed E-state index contributed by atoms with van der Waals surface area (Å²) in [4.78, 5) is 0. The molecule has 0 fully saturated rings. The number of thioether (sulfide) groups is 2. The Hall–Kier alpha value is 1.40. The average molecular weight is 200 g/mol. The Bertz CT molecular complexity index is 50.9. The Morgan fingerprint density at radius 3 is 2.33 bits per heavy atom. The highest BCUT2D eigenvalue weighted by molar-refractivity contribution is 8.21. The summed E-state index contributed by atoms with van der Waals surface area (Å²) in [7, 11) is 0. The summed E-state index contributed by atoms with van der Waals surface area (Å²) in [6, 6.07) is 0. The quantitative estimate of drug-likeness (QED) is 0.517. The first-order valence-corrected chi connectivity index (χ1v) is 6.16. The first-order chi connectivity index (χ1) is 4.35. The zero-order valence-corrected chi connectivity index (χ0v) is 8.83. The molecule has 1 unspecified atom stereocenters. The van der Waals surface area contributed by atoms with Crippen LogP contribution in [0.15, 0.2) is 0 Å². The zero-order valence-electron chi connectivity index (χ0n) is 5.41. The van der Waals surface area contributed by atoms with Gasteiger partial charge in [0.25, 0.3) is 0 Å². The van der Waals surface area contributed by atoms with Crippen LogP contribution in [0.4, 0.5) is 0 Å². The molecule has 56 valence electrons. The summed E-state index contributed by atoms with van der Waals surface area (Å²) in [5.41, 5.74) is 0. The van der Waals surface area contributed by atoms with Crippen molar-refractivity contribution in [2.45, 2.75) is 11.5 Å². The van der Waals surface area contributed by atoms with Gasteiger partial charge in [-0.15, -0.1) is 23.5 Å². The van der Waals surface area contributed by atoms with E-state index in [4.69, 9.17) is 0 Å². The molecule has 0 amide bonds. The van der Waals surface area contributed by atoms with E-state index in [0.717, 1.165) is 10.8 Å². The lowest BCUT2D eigenvalue weighted by Crippen LogP contribution is -1.98. The van der Waals surface area contributed by atoms with Gasteiger partial charge in [-0.1, -0.05) is 6.92 Å². The lowest BCUT2D eigenvalue weighted by atomic mass is 10.9. The van der Waals surface area contributed by atoms with E-state index in [1.165, 1.54) is 5.75 Å². The summed E-state index contributed by atoms with van der Waals surface area (Å²) in [6.45, 7) is 2.17. The van der Waals surface area contributed by atoms with Crippen LogP contribution in [0.25, 0.3) is 0 Å². The summed E-state index contributed by atoms with van der Waals surface area (Å²) in [5.74, 6) is 2.12. The minimum absolute atomic E-state index is 0.635. The first-order valence-electron chi connectivity index (χ1n) is 2.80. The van der Waals surface area contributed by atoms with Gasteiger partial charge in [-0.2, -0.15) is 25.3 Å². The Morgan fingerprint density at radius 1 is 1.33 bits per heavy atom. The molecule has 0 nitrogen and oxygen atoms in total. The Labute approximate surface area is 76.8 Å². The molecule has 4 heteroatoms. The standard InChI is InChI=1S/C5H12S4/c1-2-8-5(3-6)9-4-7/h5-7H,2-4H2,1H3. The van der Waals surface area contributed by atoms with E-state index < -0.39 is 0 Å². The van der Waals surface area contributed by atoms with Gasteiger partial charge >= 0.3 is 0 Å². The molecule has 0 aromatic rings. The molecule has 0 rings (SSSR count). The predicted molar refractivity (Wildman–Crippen MR) is 57.2 cm³/mol. The fourth-order valence-electron chi connectivity index (χ4n) is 0.423. The number of hydrogen-bond acceptors (Lipinski definition) is 4. The van der Waals surface area contributed by atoms with Gasteiger partial charge < -0.3 is 0 Å². The minimum Gasteiger partial charge on any atom is -0.177 e. The van der Waals surface area contributed by atoms with Crippen molar-refractivity contribution < 1.29 is 0 Å². The molecule has 0 saturated heterocycles. The molecular formula is C5H12S4. The number of hydrogen-bond donors (Lipinski definition) is 2. The summed E-state index contributed by atoms with van der Waals surface area (Å²) in [5, 5.41) is 0.901. The third kappa shape index (κ3) is 5.83. The van der Waals surface area contributed by atoms with Crippen molar-refractivity contribution in [3.8, 4) is 0 Å². The van der Waals surface area contributed by atoms with Crippen molar-refractivity contribution in [3.05, 3.63) is 0 Å². The Morgan fingerprint density at radius 2 is 2.00 bits per heavy atom. The molecule has 0 aliphatic rings. The Kier molecular flexibility index (Phi) is 8.67. The van der Waals surface area contributed by atoms with E-state index in [2.05, 4.69) is 32.2 Å². The molecule has 0 aliphatic heterocycles. The smallest absolute Gasteiger partial charge is 0.0598 e. The molecule has 0 saturated carbocycles. The summed E-state index contributed by atoms with van der Waals surface area (Å²) in [6.07, 6.45) is 0. The van der Waals surface area contributed by atoms with E-state index in [9.17, 15) is 0 Å². The summed E-state index contributed by atoms with van der Waals surface area (Å²) >= 11 is 12.1. The van der Waals surface area contributed by atoms with Gasteiger partial charge in [-0.05, 0) is 5.75 Å². The molecule has 0 aromatic heterocycles. The van der Waals surface area contributed by atoms with Crippen LogP contribution in [0.1, 0.15) is 6.92 Å². The topological polar surface area (TPSA) is 0 Å². The van der Waals surface area contributed by atoms with Gasteiger partial charge in [0.1, 0.15) is 0 Å². The van der Waals surface area contributed by atoms with Gasteiger partial charge in [-0.25, -0.2) is 0 Å². The van der Waals surface area contributed by atoms with Gasteiger partial charge in [0.05, 0.1) is 4.58 Å². The SMILES string of the molecule is CCSC(CS)SCS. The van der Waals surface area contributed by atoms with E-state index in [-0.39, 0.29) is 0 Å². The van der Waals surface area contributed by atoms with Crippen molar-refractivity contribution in [3.63, 3.8) is 0 Å². The highest BCUT2D eigenvalue weighted by atomic mass is 32.2. The molecular weight excluding hydrogens is 188 g/mol. The van der Waals surface area contributed by atoms with Crippen LogP contribution < -0.4 is 0 Å². The van der Waals surface area contributed by atoms with Crippen molar-refractivity contribution in [1.29, 1.82) is 0 Å². The molecule has 0 bridgehead atoms. The highest BCUT2D eigenvalue weighted by Crippen LogP contribution is 2.24. The molecule has 0 aromatic carbocycles. The van der Waals surface area contributed by atoms with E-state index in [1.807, 2.05) is 23.5 Å². The van der Waals surface area contributed by atoms with Gasteiger partial charge in [0, 0.05) is 10.8 Å². The van der Waals surface area contributed by atoms with E-state index >= 15 is 0 Å². The number of thiol groups is 2. The number of rotatable bonds is 5. The van der Waals surface area contributed by atoms with Crippen molar-refractivity contribution in [2.24, 2.45) is 0 Å². The fourth-order valence-corrected chi connectivity index (χ4v) is 3.64. The molecule has 0 spiro atoms. The van der Waals surface area contributed by atoms with Gasteiger partial charge in [-0.3, -0.25) is 0 Å². The average Bonchev–Trinajstić information content (AvgIpc) is 1.88. The van der Waals surface area contributed by atoms with Gasteiger partial charge in [0.2, 0.25) is 0 Å². The molecule has 0 heterocycles. The van der Waals surface area contributed by atoms with Crippen LogP contribution in [-0.4, -0.2) is 21.2 Å². The van der Waals surface area contributed by atoms with E-state index in [1.54, 1.807) is 0 Å². The highest BCUT2D eigenvalue weighted by Gasteiger charge is 2.03. The molecule has 1 atom stereocenters. The maximum Gasteiger partial charge on any atom is 0.0598 e. The Balaban J connectivity index is 3.18. The minimum atomic E-state index is 0.635. The maximum absolute atomic E-state index is 4.21. The second-order valence-electron chi connectivity index (χ2n) is 1.36. The normalized spacial score (nSPS) is 13.7. The van der Waals surface area contributed by atoms with Crippen molar-refractivity contribution in [2.75, 3.05) is 16.6 Å². The van der Waals surface area contributed by atoms with Crippen LogP contribution in [0.3, 0.4) is 0 Å². The second-order valence-corrected chi connectivity index (χ2v) is 5.44. The van der Waals surface area contributed by atoms with Crippen LogP contribution in [0.2, 0.25) is 0 Å². The van der Waals surface area contributed by atoms with Crippen molar-refractivity contribution in [1.82, 2.24) is 0 Å². The van der Waals surface area contributed by atoms with Crippen molar-refractivity contribution >= 4 is 48.8 Å². The lowest BCUT2D eigenvalue weighted by molar-refractivity contribution is 1.42. The van der Waals surface area contributed by atoms with Crippen LogP contribution >= 0.6 is 48.8 Å². The third-order valence-electron chi connectivity index (χ3n) is 0.762. The fraction of sp³-hybridized carbons (Fsp3) is 1.00. The molecule has 0 aliphatic carbocycles.